The van der Waals surface area contributed by atoms with Crippen molar-refractivity contribution in [2.45, 2.75) is 78.2 Å². The van der Waals surface area contributed by atoms with E-state index in [2.05, 4.69) is 26.5 Å². The van der Waals surface area contributed by atoms with E-state index in [1.807, 2.05) is 0 Å². The monoisotopic (exact) mass is 323 g/mol. The molecule has 1 fully saturated rings. The Bertz CT molecular complexity index is 443. The van der Waals surface area contributed by atoms with E-state index < -0.39 is 0 Å². The van der Waals surface area contributed by atoms with Crippen LogP contribution in [0, 0.1) is 22.7 Å². The summed E-state index contributed by atoms with van der Waals surface area (Å²) in [4.78, 5) is 0. The summed E-state index contributed by atoms with van der Waals surface area (Å²) in [7, 11) is 1.50. The molecular weight excluding hydrogens is 286 g/mol. The predicted molar refractivity (Wildman–Crippen MR) is 96.0 cm³/mol. The molecule has 0 saturated heterocycles. The Labute approximate surface area is 142 Å². The largest absolute Gasteiger partial charge is 0.396 e. The number of rotatable bonds is 2. The molecule has 4 atom stereocenters. The second-order valence-electron chi connectivity index (χ2n) is 8.72. The van der Waals surface area contributed by atoms with E-state index in [-0.39, 0.29) is 24.0 Å². The molecule has 0 radical (unpaired) electrons. The molecule has 0 bridgehead atoms. The van der Waals surface area contributed by atoms with Crippen LogP contribution >= 0.6 is 0 Å². The third-order valence-corrected chi connectivity index (χ3v) is 7.19. The fraction of sp³-hybridized carbons (Fsp3) is 0.900. The van der Waals surface area contributed by atoms with Crippen LogP contribution in [0.5, 0.6) is 0 Å². The molecule has 4 unspecified atom stereocenters. The van der Waals surface area contributed by atoms with Gasteiger partial charge in [0.1, 0.15) is 0 Å². The Morgan fingerprint density at radius 2 is 1.78 bits per heavy atom. The molecule has 0 aromatic heterocycles. The highest BCUT2D eigenvalue weighted by atomic mass is 16.3. The first-order chi connectivity index (χ1) is 10.9. The molecule has 0 aromatic rings. The first-order valence-corrected chi connectivity index (χ1v) is 9.45. The highest BCUT2D eigenvalue weighted by Crippen LogP contribution is 2.56. The van der Waals surface area contributed by atoms with Crippen LogP contribution in [0.4, 0.5) is 0 Å². The minimum atomic E-state index is -0.195. The summed E-state index contributed by atoms with van der Waals surface area (Å²) in [5, 5.41) is 19.8. The van der Waals surface area contributed by atoms with Crippen LogP contribution in [-0.2, 0) is 0 Å². The first-order valence-electron chi connectivity index (χ1n) is 9.45. The summed E-state index contributed by atoms with van der Waals surface area (Å²) in [5.74, 6) is 0.984. The van der Waals surface area contributed by atoms with Gasteiger partial charge in [-0.05, 0) is 81.1 Å². The number of allylic oxidation sites excluding steroid dienone is 2. The lowest BCUT2D eigenvalue weighted by Crippen LogP contribution is -2.44. The van der Waals surface area contributed by atoms with Gasteiger partial charge in [0.2, 0.25) is 0 Å². The van der Waals surface area contributed by atoms with E-state index in [1.165, 1.54) is 39.2 Å². The van der Waals surface area contributed by atoms with Crippen molar-refractivity contribution in [2.75, 3.05) is 13.7 Å². The first kappa shape index (κ1) is 19.0. The zero-order chi connectivity index (χ0) is 17.3. The molecule has 3 nitrogen and oxygen atoms in total. The fourth-order valence-corrected chi connectivity index (χ4v) is 5.48. The van der Waals surface area contributed by atoms with Gasteiger partial charge >= 0.3 is 0 Å². The second-order valence-corrected chi connectivity index (χ2v) is 8.72. The minimum Gasteiger partial charge on any atom is -0.396 e. The molecule has 3 aliphatic carbocycles. The van der Waals surface area contributed by atoms with Gasteiger partial charge in [0.15, 0.2) is 0 Å². The van der Waals surface area contributed by atoms with Crippen molar-refractivity contribution in [3.05, 3.63) is 11.1 Å². The van der Waals surface area contributed by atoms with Crippen molar-refractivity contribution in [3.63, 3.8) is 0 Å². The topological polar surface area (TPSA) is 66.5 Å². The average molecular weight is 324 g/mol. The van der Waals surface area contributed by atoms with Crippen molar-refractivity contribution in [2.24, 2.45) is 28.4 Å². The third kappa shape index (κ3) is 3.52. The zero-order valence-corrected chi connectivity index (χ0v) is 15.6. The van der Waals surface area contributed by atoms with Crippen LogP contribution < -0.4 is 5.73 Å². The lowest BCUT2D eigenvalue weighted by Gasteiger charge is -2.49. The molecule has 134 valence electrons. The van der Waals surface area contributed by atoms with Crippen LogP contribution in [0.25, 0.3) is 0 Å². The van der Waals surface area contributed by atoms with Crippen LogP contribution in [0.1, 0.15) is 72.1 Å². The third-order valence-electron chi connectivity index (χ3n) is 7.19. The maximum atomic E-state index is 9.94. The smallest absolute Gasteiger partial charge is 0.0544 e. The van der Waals surface area contributed by atoms with Gasteiger partial charge < -0.3 is 15.9 Å². The average Bonchev–Trinajstić information content (AvgIpc) is 2.86. The zero-order valence-electron chi connectivity index (χ0n) is 15.6. The van der Waals surface area contributed by atoms with E-state index in [0.29, 0.717) is 11.3 Å². The lowest BCUT2D eigenvalue weighted by atomic mass is 9.56. The molecule has 0 heterocycles. The Balaban J connectivity index is 0.000000924. The van der Waals surface area contributed by atoms with E-state index >= 15 is 0 Å². The van der Waals surface area contributed by atoms with Gasteiger partial charge in [-0.25, -0.2) is 0 Å². The molecule has 4 N–H and O–H groups in total. The molecule has 23 heavy (non-hydrogen) atoms. The van der Waals surface area contributed by atoms with Gasteiger partial charge in [-0.2, -0.15) is 0 Å². The number of aliphatic hydroxyl groups is 2. The maximum Gasteiger partial charge on any atom is 0.0544 e. The molecular formula is C20H37NO2. The van der Waals surface area contributed by atoms with Crippen molar-refractivity contribution in [1.82, 2.24) is 0 Å². The predicted octanol–water partition coefficient (Wildman–Crippen LogP) is 3.64. The number of hydrogen-bond donors (Lipinski definition) is 3. The quantitative estimate of drug-likeness (QED) is 0.680. The van der Waals surface area contributed by atoms with Crippen LogP contribution in [0.15, 0.2) is 11.1 Å². The summed E-state index contributed by atoms with van der Waals surface area (Å²) in [6.45, 7) is 7.44. The SMILES string of the molecule is CC1(C)CCC2=C1CCC(C1(C)CCC(O)CC1CO)C2.CN. The second kappa shape index (κ2) is 7.25. The molecule has 0 spiro atoms. The summed E-state index contributed by atoms with van der Waals surface area (Å²) in [6.07, 6.45) is 9.01. The van der Waals surface area contributed by atoms with Crippen LogP contribution in [0.3, 0.4) is 0 Å². The molecule has 0 amide bonds. The number of hydrogen-bond acceptors (Lipinski definition) is 3. The van der Waals surface area contributed by atoms with Crippen LogP contribution in [-0.4, -0.2) is 30.0 Å². The van der Waals surface area contributed by atoms with Gasteiger partial charge in [-0.1, -0.05) is 31.9 Å². The lowest BCUT2D eigenvalue weighted by molar-refractivity contribution is -0.0455. The van der Waals surface area contributed by atoms with Gasteiger partial charge in [-0.15, -0.1) is 0 Å². The maximum absolute atomic E-state index is 9.94. The summed E-state index contributed by atoms with van der Waals surface area (Å²) < 4.78 is 0. The van der Waals surface area contributed by atoms with Crippen molar-refractivity contribution < 1.29 is 10.2 Å². The normalized spacial score (nSPS) is 39.5. The van der Waals surface area contributed by atoms with E-state index in [4.69, 9.17) is 0 Å². The van der Waals surface area contributed by atoms with Gasteiger partial charge in [-0.3, -0.25) is 0 Å². The van der Waals surface area contributed by atoms with Crippen molar-refractivity contribution in [3.8, 4) is 0 Å². The number of aliphatic hydroxyl groups excluding tert-OH is 2. The Hall–Kier alpha value is -0.380. The molecule has 3 heteroatoms. The van der Waals surface area contributed by atoms with E-state index in [0.717, 1.165) is 19.3 Å². The Morgan fingerprint density at radius 1 is 1.09 bits per heavy atom. The molecule has 3 rings (SSSR count). The number of nitrogens with two attached hydrogens (primary N) is 1. The highest BCUT2D eigenvalue weighted by molar-refractivity contribution is 5.30. The Kier molecular flexibility index (Phi) is 5.97. The highest BCUT2D eigenvalue weighted by Gasteiger charge is 2.47. The molecule has 0 aliphatic heterocycles. The summed E-state index contributed by atoms with van der Waals surface area (Å²) in [5.41, 5.74) is 8.64. The minimum absolute atomic E-state index is 0.195. The fourth-order valence-electron chi connectivity index (χ4n) is 5.48. The van der Waals surface area contributed by atoms with E-state index in [1.54, 1.807) is 11.1 Å². The van der Waals surface area contributed by atoms with Crippen molar-refractivity contribution in [1.29, 1.82) is 0 Å². The molecule has 0 aromatic carbocycles. The van der Waals surface area contributed by atoms with Gasteiger partial charge in [0.05, 0.1) is 6.10 Å². The van der Waals surface area contributed by atoms with E-state index in [9.17, 15) is 10.2 Å². The molecule has 1 saturated carbocycles. The Morgan fingerprint density at radius 3 is 2.43 bits per heavy atom. The summed E-state index contributed by atoms with van der Waals surface area (Å²) in [6, 6.07) is 0. The molecule has 3 aliphatic rings. The van der Waals surface area contributed by atoms with Crippen LogP contribution in [0.2, 0.25) is 0 Å². The summed E-state index contributed by atoms with van der Waals surface area (Å²) >= 11 is 0. The van der Waals surface area contributed by atoms with Gasteiger partial charge in [0, 0.05) is 6.61 Å². The van der Waals surface area contributed by atoms with Gasteiger partial charge in [0.25, 0.3) is 0 Å². The standard InChI is InChI=1S/C19H32O2.CH5N/c1-18(2)8-6-13-10-14(4-5-17(13)18)19(3)9-7-16(21)11-15(19)12-20;1-2/h14-16,20-21H,4-12H2,1-3H3;2H2,1H3. The van der Waals surface area contributed by atoms with Crippen molar-refractivity contribution >= 4 is 0 Å².